The Morgan fingerprint density at radius 3 is 1.65 bits per heavy atom. The number of carbonyl (C=O) groups excluding carboxylic acids is 2. The molecule has 3 nitrogen and oxygen atoms in total. The summed E-state index contributed by atoms with van der Waals surface area (Å²) in [4.78, 5) is 31.1. The second-order valence-corrected chi connectivity index (χ2v) is 9.46. The third-order valence-electron chi connectivity index (χ3n) is 5.44. The van der Waals surface area contributed by atoms with Gasteiger partial charge in [0.1, 0.15) is 0 Å². The van der Waals surface area contributed by atoms with E-state index >= 15 is 0 Å². The molecule has 5 rings (SSSR count). The molecule has 0 saturated carbocycles. The van der Waals surface area contributed by atoms with Gasteiger partial charge in [-0.1, -0.05) is 36.4 Å². The molecule has 0 fully saturated rings. The van der Waals surface area contributed by atoms with Crippen LogP contribution in [0.15, 0.2) is 77.0 Å². The van der Waals surface area contributed by atoms with Gasteiger partial charge in [-0.2, -0.15) is 0 Å². The number of ketones is 2. The van der Waals surface area contributed by atoms with Crippen molar-refractivity contribution >= 4 is 46.0 Å². The molecule has 0 N–H and O–H groups in total. The first-order valence-corrected chi connectivity index (χ1v) is 11.6. The van der Waals surface area contributed by atoms with Crippen molar-refractivity contribution in [2.45, 2.75) is 0 Å². The molecule has 0 spiro atoms. The van der Waals surface area contributed by atoms with E-state index in [0.29, 0.717) is 11.1 Å². The van der Waals surface area contributed by atoms with Gasteiger partial charge < -0.3 is 4.90 Å². The summed E-state index contributed by atoms with van der Waals surface area (Å²) in [6, 6.07) is 19.7. The number of benzene rings is 2. The molecule has 5 heteroatoms. The molecule has 0 amide bonds. The van der Waals surface area contributed by atoms with Gasteiger partial charge in [0.2, 0.25) is 0 Å². The van der Waals surface area contributed by atoms with Gasteiger partial charge in [-0.05, 0) is 46.7 Å². The van der Waals surface area contributed by atoms with E-state index in [4.69, 9.17) is 0 Å². The van der Waals surface area contributed by atoms with Crippen LogP contribution in [0.1, 0.15) is 26.3 Å². The minimum absolute atomic E-state index is 0.196. The van der Waals surface area contributed by atoms with Crippen LogP contribution in [0, 0.1) is 0 Å². The molecule has 2 aromatic carbocycles. The highest BCUT2D eigenvalue weighted by Crippen LogP contribution is 2.43. The average Bonchev–Trinajstić information content (AvgIpc) is 3.53. The monoisotopic (exact) mass is 441 g/mol. The van der Waals surface area contributed by atoms with E-state index in [1.807, 2.05) is 90.4 Å². The molecule has 31 heavy (non-hydrogen) atoms. The smallest absolute Gasteiger partial charge is 0.198 e. The van der Waals surface area contributed by atoms with Crippen molar-refractivity contribution in [2.24, 2.45) is 0 Å². The lowest BCUT2D eigenvalue weighted by atomic mass is 9.96. The van der Waals surface area contributed by atoms with Crippen molar-refractivity contribution in [1.82, 2.24) is 0 Å². The summed E-state index contributed by atoms with van der Waals surface area (Å²) < 4.78 is 0. The molecular weight excluding hydrogens is 422 g/mol. The molecule has 0 unspecified atom stereocenters. The van der Waals surface area contributed by atoms with Crippen LogP contribution in [-0.4, -0.2) is 25.7 Å². The molecule has 0 atom stereocenters. The number of hydrogen-bond acceptors (Lipinski definition) is 5. The third kappa shape index (κ3) is 3.36. The van der Waals surface area contributed by atoms with Gasteiger partial charge in [0.05, 0.1) is 5.57 Å². The molecule has 1 aliphatic carbocycles. The van der Waals surface area contributed by atoms with Crippen molar-refractivity contribution in [1.29, 1.82) is 0 Å². The summed E-state index contributed by atoms with van der Waals surface area (Å²) in [5.74, 6) is -0.392. The lowest BCUT2D eigenvalue weighted by Crippen LogP contribution is -2.08. The highest BCUT2D eigenvalue weighted by atomic mass is 32.1. The quantitative estimate of drug-likeness (QED) is 0.262. The van der Waals surface area contributed by atoms with E-state index in [9.17, 15) is 9.59 Å². The van der Waals surface area contributed by atoms with E-state index in [1.165, 1.54) is 0 Å². The minimum Gasteiger partial charge on any atom is -0.378 e. The van der Waals surface area contributed by atoms with Crippen molar-refractivity contribution in [3.8, 4) is 20.9 Å². The van der Waals surface area contributed by atoms with Gasteiger partial charge in [0.15, 0.2) is 11.6 Å². The molecule has 2 heterocycles. The van der Waals surface area contributed by atoms with Crippen molar-refractivity contribution in [3.63, 3.8) is 0 Å². The lowest BCUT2D eigenvalue weighted by molar-refractivity contribution is 0.0991. The third-order valence-corrected chi connectivity index (χ3v) is 7.25. The molecule has 0 radical (unpaired) electrons. The molecular formula is C26H19NO2S2. The predicted octanol–water partition coefficient (Wildman–Crippen LogP) is 6.67. The van der Waals surface area contributed by atoms with Gasteiger partial charge in [0.25, 0.3) is 0 Å². The van der Waals surface area contributed by atoms with Gasteiger partial charge >= 0.3 is 0 Å². The SMILES string of the molecule is CN(C)c1ccc(C=C2C(=O)c3c(-c4cccs4)ccc(-c4cccs4)c3C2=O)cc1. The Kier molecular flexibility index (Phi) is 4.93. The Bertz CT molecular complexity index is 1240. The number of hydrogen-bond donors (Lipinski definition) is 0. The van der Waals surface area contributed by atoms with Gasteiger partial charge in [-0.25, -0.2) is 0 Å². The number of nitrogens with zero attached hydrogens (tertiary/aromatic N) is 1. The molecule has 0 aliphatic heterocycles. The zero-order chi connectivity index (χ0) is 21.5. The van der Waals surface area contributed by atoms with Gasteiger partial charge in [-0.15, -0.1) is 22.7 Å². The average molecular weight is 442 g/mol. The van der Waals surface area contributed by atoms with Gasteiger partial charge in [-0.3, -0.25) is 9.59 Å². The summed E-state index contributed by atoms with van der Waals surface area (Å²) in [7, 11) is 3.96. The van der Waals surface area contributed by atoms with Crippen molar-refractivity contribution < 1.29 is 9.59 Å². The summed E-state index contributed by atoms with van der Waals surface area (Å²) in [5, 5.41) is 3.97. The molecule has 2 aromatic heterocycles. The summed E-state index contributed by atoms with van der Waals surface area (Å²) >= 11 is 3.15. The molecule has 1 aliphatic rings. The van der Waals surface area contributed by atoms with E-state index in [-0.39, 0.29) is 17.1 Å². The van der Waals surface area contributed by atoms with Crippen LogP contribution in [0.25, 0.3) is 27.0 Å². The van der Waals surface area contributed by atoms with Crippen molar-refractivity contribution in [2.75, 3.05) is 19.0 Å². The second kappa shape index (κ2) is 7.76. The van der Waals surface area contributed by atoms with Crippen LogP contribution >= 0.6 is 22.7 Å². The number of anilines is 1. The maximum Gasteiger partial charge on any atom is 0.198 e. The topological polar surface area (TPSA) is 37.4 Å². The van der Waals surface area contributed by atoms with E-state index < -0.39 is 0 Å². The standard InChI is InChI=1S/C26H19NO2S2/c1-27(2)17-9-7-16(8-10-17)15-20-25(28)23-18(21-5-3-13-30-21)11-12-19(24(23)26(20)29)22-6-4-14-31-22/h3-15H,1-2H3. The van der Waals surface area contributed by atoms with Crippen LogP contribution < -0.4 is 4.90 Å². The molecule has 4 aromatic rings. The molecule has 0 saturated heterocycles. The predicted molar refractivity (Wildman–Crippen MR) is 130 cm³/mol. The fraction of sp³-hybridized carbons (Fsp3) is 0.0769. The zero-order valence-corrected chi connectivity index (χ0v) is 18.7. The lowest BCUT2D eigenvalue weighted by Gasteiger charge is -2.11. The van der Waals surface area contributed by atoms with E-state index in [1.54, 1.807) is 28.7 Å². The zero-order valence-electron chi connectivity index (χ0n) is 17.1. The van der Waals surface area contributed by atoms with Crippen LogP contribution in [0.5, 0.6) is 0 Å². The maximum atomic E-state index is 13.5. The Morgan fingerprint density at radius 1 is 0.710 bits per heavy atom. The Balaban J connectivity index is 1.67. The van der Waals surface area contributed by atoms with Crippen LogP contribution in [0.2, 0.25) is 0 Å². The minimum atomic E-state index is -0.196. The Hall–Kier alpha value is -3.28. The number of rotatable bonds is 4. The summed E-state index contributed by atoms with van der Waals surface area (Å²) in [6.07, 6.45) is 1.72. The summed E-state index contributed by atoms with van der Waals surface area (Å²) in [6.45, 7) is 0. The number of allylic oxidation sites excluding steroid dienone is 1. The molecule has 0 bridgehead atoms. The Morgan fingerprint density at radius 2 is 1.23 bits per heavy atom. The fourth-order valence-electron chi connectivity index (χ4n) is 3.89. The van der Waals surface area contributed by atoms with Crippen LogP contribution in [0.3, 0.4) is 0 Å². The van der Waals surface area contributed by atoms with E-state index in [2.05, 4.69) is 0 Å². The second-order valence-electron chi connectivity index (χ2n) is 7.57. The first-order valence-electron chi connectivity index (χ1n) is 9.88. The number of thiophene rings is 2. The number of carbonyl (C=O) groups is 2. The van der Waals surface area contributed by atoms with Gasteiger partial charge in [0, 0.05) is 51.8 Å². The Labute approximate surface area is 188 Å². The van der Waals surface area contributed by atoms with Crippen LogP contribution in [-0.2, 0) is 0 Å². The maximum absolute atomic E-state index is 13.5. The highest BCUT2D eigenvalue weighted by Gasteiger charge is 2.38. The first kappa shape index (κ1) is 19.7. The normalized spacial score (nSPS) is 12.9. The number of Topliss-reactive ketones (excluding diaryl/α,β-unsaturated/α-hetero) is 2. The summed E-state index contributed by atoms with van der Waals surface area (Å²) in [5.41, 5.74) is 4.84. The van der Waals surface area contributed by atoms with Crippen molar-refractivity contribution in [3.05, 3.63) is 93.7 Å². The molecule has 152 valence electrons. The highest BCUT2D eigenvalue weighted by molar-refractivity contribution is 7.14. The fourth-order valence-corrected chi connectivity index (χ4v) is 5.40. The van der Waals surface area contributed by atoms with E-state index in [0.717, 1.165) is 32.1 Å². The number of fused-ring (bicyclic) bond motifs is 1. The van der Waals surface area contributed by atoms with Crippen LogP contribution in [0.4, 0.5) is 5.69 Å². The first-order chi connectivity index (χ1) is 15.0. The largest absolute Gasteiger partial charge is 0.378 e.